The molecule has 1 aromatic rings. The highest BCUT2D eigenvalue weighted by Gasteiger charge is 2.29. The van der Waals surface area contributed by atoms with Gasteiger partial charge in [0.15, 0.2) is 6.29 Å². The van der Waals surface area contributed by atoms with Crippen LogP contribution < -0.4 is 10.2 Å². The molecule has 2 aliphatic rings. The molecule has 1 aromatic carbocycles. The summed E-state index contributed by atoms with van der Waals surface area (Å²) in [6.45, 7) is 2.18. The second-order valence-corrected chi connectivity index (χ2v) is 5.38. The number of hydrogen-bond acceptors (Lipinski definition) is 3. The topological polar surface area (TPSA) is 18.5 Å². The third kappa shape index (κ3) is 2.09. The predicted octanol–water partition coefficient (Wildman–Crippen LogP) is 3.55. The Morgan fingerprint density at radius 2 is 2.05 bits per heavy atom. The number of rotatable bonds is 2. The minimum Gasteiger partial charge on any atom is -0.346 e. The highest BCUT2D eigenvalue weighted by Crippen LogP contribution is 2.35. The first-order chi connectivity index (χ1) is 9.68. The fourth-order valence-electron chi connectivity index (χ4n) is 2.91. The van der Waals surface area contributed by atoms with E-state index in [9.17, 15) is 0 Å². The van der Waals surface area contributed by atoms with E-state index in [-0.39, 0.29) is 6.29 Å². The van der Waals surface area contributed by atoms with Crippen LogP contribution in [0, 0.1) is 0 Å². The van der Waals surface area contributed by atoms with Gasteiger partial charge in [-0.3, -0.25) is 0 Å². The lowest BCUT2D eigenvalue weighted by Crippen LogP contribution is -2.46. The lowest BCUT2D eigenvalue weighted by molar-refractivity contribution is 0.328. The van der Waals surface area contributed by atoms with E-state index in [4.69, 9.17) is 0 Å². The SMILES string of the molecule is CC1=C(N(C)C2Nc3ccccc3N2C)CC=CC=C1. The van der Waals surface area contributed by atoms with Crippen molar-refractivity contribution < 1.29 is 0 Å². The molecule has 0 saturated heterocycles. The van der Waals surface area contributed by atoms with E-state index in [0.29, 0.717) is 0 Å². The van der Waals surface area contributed by atoms with Crippen LogP contribution in [0.3, 0.4) is 0 Å². The zero-order valence-electron chi connectivity index (χ0n) is 12.3. The minimum absolute atomic E-state index is 0.164. The van der Waals surface area contributed by atoms with E-state index in [1.165, 1.54) is 22.6 Å². The molecule has 3 nitrogen and oxygen atoms in total. The summed E-state index contributed by atoms with van der Waals surface area (Å²) in [6.07, 6.45) is 9.75. The van der Waals surface area contributed by atoms with E-state index in [1.54, 1.807) is 0 Å². The van der Waals surface area contributed by atoms with Gasteiger partial charge < -0.3 is 15.1 Å². The van der Waals surface area contributed by atoms with E-state index in [1.807, 2.05) is 0 Å². The standard InChI is InChI=1S/C17H21N3/c1-13-9-5-4-6-11-15(13)19(2)17-18-14-10-7-8-12-16(14)20(17)3/h4-10,12,17-18H,11H2,1-3H3. The average Bonchev–Trinajstić information content (AvgIpc) is 2.64. The van der Waals surface area contributed by atoms with Crippen molar-refractivity contribution >= 4 is 11.4 Å². The molecular formula is C17H21N3. The summed E-state index contributed by atoms with van der Waals surface area (Å²) in [5.41, 5.74) is 5.13. The van der Waals surface area contributed by atoms with Crippen molar-refractivity contribution in [2.75, 3.05) is 24.3 Å². The van der Waals surface area contributed by atoms with Crippen LogP contribution in [-0.4, -0.2) is 25.3 Å². The smallest absolute Gasteiger partial charge is 0.178 e. The summed E-state index contributed by atoms with van der Waals surface area (Å²) in [7, 11) is 4.30. The monoisotopic (exact) mass is 267 g/mol. The van der Waals surface area contributed by atoms with Gasteiger partial charge in [-0.15, -0.1) is 0 Å². The van der Waals surface area contributed by atoms with Crippen LogP contribution in [-0.2, 0) is 0 Å². The molecule has 3 rings (SSSR count). The van der Waals surface area contributed by atoms with Crippen molar-refractivity contribution in [1.29, 1.82) is 0 Å². The van der Waals surface area contributed by atoms with E-state index >= 15 is 0 Å². The molecule has 0 radical (unpaired) electrons. The molecule has 0 aromatic heterocycles. The maximum atomic E-state index is 3.59. The number of hydrogen-bond donors (Lipinski definition) is 1. The van der Waals surface area contributed by atoms with Gasteiger partial charge in [0.05, 0.1) is 11.4 Å². The van der Waals surface area contributed by atoms with Crippen LogP contribution in [0.15, 0.2) is 59.8 Å². The third-order valence-corrected chi connectivity index (χ3v) is 4.09. The van der Waals surface area contributed by atoms with Crippen LogP contribution in [0.2, 0.25) is 0 Å². The summed E-state index contributed by atoms with van der Waals surface area (Å²) < 4.78 is 0. The molecule has 3 heteroatoms. The second-order valence-electron chi connectivity index (χ2n) is 5.38. The lowest BCUT2D eigenvalue weighted by Gasteiger charge is -2.35. The highest BCUT2D eigenvalue weighted by molar-refractivity contribution is 5.75. The fourth-order valence-corrected chi connectivity index (χ4v) is 2.91. The predicted molar refractivity (Wildman–Crippen MR) is 85.6 cm³/mol. The molecule has 1 heterocycles. The maximum Gasteiger partial charge on any atom is 0.178 e. The van der Waals surface area contributed by atoms with Crippen molar-refractivity contribution in [2.45, 2.75) is 19.6 Å². The number of benzene rings is 1. The largest absolute Gasteiger partial charge is 0.346 e. The number of nitrogens with zero attached hydrogens (tertiary/aromatic N) is 2. The molecule has 1 unspecified atom stereocenters. The van der Waals surface area contributed by atoms with Gasteiger partial charge in [-0.05, 0) is 24.6 Å². The van der Waals surface area contributed by atoms with Crippen LogP contribution in [0.1, 0.15) is 13.3 Å². The van der Waals surface area contributed by atoms with Gasteiger partial charge in [-0.25, -0.2) is 0 Å². The summed E-state index contributed by atoms with van der Waals surface area (Å²) in [6, 6.07) is 8.45. The quantitative estimate of drug-likeness (QED) is 0.884. The van der Waals surface area contributed by atoms with Gasteiger partial charge in [0, 0.05) is 26.2 Å². The molecule has 0 saturated carbocycles. The molecule has 20 heavy (non-hydrogen) atoms. The first-order valence-corrected chi connectivity index (χ1v) is 7.02. The van der Waals surface area contributed by atoms with Crippen molar-refractivity contribution in [1.82, 2.24) is 4.90 Å². The van der Waals surface area contributed by atoms with Crippen molar-refractivity contribution in [2.24, 2.45) is 0 Å². The van der Waals surface area contributed by atoms with E-state index in [2.05, 4.69) is 84.7 Å². The zero-order valence-corrected chi connectivity index (χ0v) is 12.3. The van der Waals surface area contributed by atoms with Crippen molar-refractivity contribution in [3.05, 3.63) is 59.8 Å². The van der Waals surface area contributed by atoms with Crippen LogP contribution in [0.4, 0.5) is 11.4 Å². The number of allylic oxidation sites excluding steroid dienone is 5. The van der Waals surface area contributed by atoms with Gasteiger partial charge in [0.25, 0.3) is 0 Å². The summed E-state index contributed by atoms with van der Waals surface area (Å²) in [5.74, 6) is 0. The number of para-hydroxylation sites is 2. The summed E-state index contributed by atoms with van der Waals surface area (Å²) >= 11 is 0. The molecule has 104 valence electrons. The Balaban J connectivity index is 1.88. The summed E-state index contributed by atoms with van der Waals surface area (Å²) in [4.78, 5) is 4.61. The van der Waals surface area contributed by atoms with Gasteiger partial charge in [0.1, 0.15) is 0 Å². The molecule has 0 fully saturated rings. The van der Waals surface area contributed by atoms with Gasteiger partial charge in [-0.1, -0.05) is 36.4 Å². The zero-order chi connectivity index (χ0) is 14.1. The maximum absolute atomic E-state index is 3.59. The molecule has 0 spiro atoms. The Morgan fingerprint density at radius 3 is 2.85 bits per heavy atom. The van der Waals surface area contributed by atoms with E-state index < -0.39 is 0 Å². The molecular weight excluding hydrogens is 246 g/mol. The average molecular weight is 267 g/mol. The highest BCUT2D eigenvalue weighted by atomic mass is 15.5. The van der Waals surface area contributed by atoms with Crippen LogP contribution in [0.25, 0.3) is 0 Å². The minimum atomic E-state index is 0.164. The molecule has 1 N–H and O–H groups in total. The van der Waals surface area contributed by atoms with Gasteiger partial charge in [0.2, 0.25) is 0 Å². The second kappa shape index (κ2) is 5.08. The summed E-state index contributed by atoms with van der Waals surface area (Å²) in [5, 5.41) is 3.59. The number of anilines is 2. The van der Waals surface area contributed by atoms with Crippen molar-refractivity contribution in [3.63, 3.8) is 0 Å². The van der Waals surface area contributed by atoms with Crippen LogP contribution in [0.5, 0.6) is 0 Å². The molecule has 0 amide bonds. The Hall–Kier alpha value is -2.16. The lowest BCUT2D eigenvalue weighted by atomic mass is 10.1. The number of nitrogens with one attached hydrogen (secondary N) is 1. The molecule has 1 atom stereocenters. The molecule has 1 aliphatic heterocycles. The van der Waals surface area contributed by atoms with Gasteiger partial charge in [-0.2, -0.15) is 0 Å². The Labute approximate surface area is 120 Å². The molecule has 0 bridgehead atoms. The first-order valence-electron chi connectivity index (χ1n) is 7.02. The third-order valence-electron chi connectivity index (χ3n) is 4.09. The normalized spacial score (nSPS) is 20.8. The fraction of sp³-hybridized carbons (Fsp3) is 0.294. The Morgan fingerprint density at radius 1 is 1.25 bits per heavy atom. The first kappa shape index (κ1) is 12.9. The number of fused-ring (bicyclic) bond motifs is 1. The Bertz CT molecular complexity index is 598. The van der Waals surface area contributed by atoms with Crippen LogP contribution >= 0.6 is 0 Å². The van der Waals surface area contributed by atoms with Crippen molar-refractivity contribution in [3.8, 4) is 0 Å². The molecule has 1 aliphatic carbocycles. The Kier molecular flexibility index (Phi) is 3.26. The van der Waals surface area contributed by atoms with E-state index in [0.717, 1.165) is 6.42 Å². The van der Waals surface area contributed by atoms with Gasteiger partial charge >= 0.3 is 0 Å².